The summed E-state index contributed by atoms with van der Waals surface area (Å²) in [4.78, 5) is 2.26. The SMILES string of the molecule is O[C@H](CCl)CNCl. The molecule has 0 aliphatic heterocycles. The Balaban J connectivity index is 2.83. The summed E-state index contributed by atoms with van der Waals surface area (Å²) < 4.78 is 0. The van der Waals surface area contributed by atoms with Crippen molar-refractivity contribution in [1.82, 2.24) is 4.84 Å². The molecule has 0 bridgehead atoms. The van der Waals surface area contributed by atoms with Gasteiger partial charge in [0.15, 0.2) is 0 Å². The third-order valence-electron chi connectivity index (χ3n) is 0.491. The van der Waals surface area contributed by atoms with E-state index in [0.717, 1.165) is 0 Å². The molecule has 1 atom stereocenters. The molecule has 2 nitrogen and oxygen atoms in total. The fourth-order valence-electron chi connectivity index (χ4n) is 0.144. The molecule has 0 spiro atoms. The number of hydrogen-bond donors (Lipinski definition) is 2. The van der Waals surface area contributed by atoms with Gasteiger partial charge in [0, 0.05) is 12.4 Å². The lowest BCUT2D eigenvalue weighted by atomic mass is 10.4. The number of halogens is 2. The van der Waals surface area contributed by atoms with E-state index in [-0.39, 0.29) is 5.88 Å². The predicted molar refractivity (Wildman–Crippen MR) is 30.6 cm³/mol. The summed E-state index contributed by atoms with van der Waals surface area (Å²) in [5, 5.41) is 8.58. The molecule has 0 saturated heterocycles. The Hall–Kier alpha value is 0.500. The molecule has 0 aromatic carbocycles. The van der Waals surface area contributed by atoms with E-state index in [1.807, 2.05) is 0 Å². The molecule has 44 valence electrons. The molecule has 0 heterocycles. The Morgan fingerprint density at radius 1 is 1.71 bits per heavy atom. The highest BCUT2D eigenvalue weighted by Crippen LogP contribution is 1.83. The fourth-order valence-corrected chi connectivity index (χ4v) is 0.431. The summed E-state index contributed by atoms with van der Waals surface area (Å²) in [7, 11) is 0. The lowest BCUT2D eigenvalue weighted by Gasteiger charge is -2.00. The Labute approximate surface area is 52.5 Å². The van der Waals surface area contributed by atoms with Crippen LogP contribution in [0.3, 0.4) is 0 Å². The lowest BCUT2D eigenvalue weighted by molar-refractivity contribution is 0.202. The van der Waals surface area contributed by atoms with Gasteiger partial charge in [0.25, 0.3) is 0 Å². The van der Waals surface area contributed by atoms with E-state index in [1.54, 1.807) is 0 Å². The number of aliphatic hydroxyl groups is 1. The van der Waals surface area contributed by atoms with Gasteiger partial charge in [-0.3, -0.25) is 0 Å². The molecular formula is C3H7Cl2NO. The first kappa shape index (κ1) is 7.50. The second-order valence-electron chi connectivity index (χ2n) is 1.15. The molecule has 0 unspecified atom stereocenters. The van der Waals surface area contributed by atoms with Crippen LogP contribution in [0.15, 0.2) is 0 Å². The first-order chi connectivity index (χ1) is 3.31. The van der Waals surface area contributed by atoms with Crippen LogP contribution in [0.4, 0.5) is 0 Å². The third kappa shape index (κ3) is 4.35. The third-order valence-corrected chi connectivity index (χ3v) is 1.00. The van der Waals surface area contributed by atoms with Crippen LogP contribution in [0.25, 0.3) is 0 Å². The van der Waals surface area contributed by atoms with E-state index in [4.69, 9.17) is 28.5 Å². The topological polar surface area (TPSA) is 32.3 Å². The highest BCUT2D eigenvalue weighted by atomic mass is 35.5. The van der Waals surface area contributed by atoms with Crippen LogP contribution in [0.2, 0.25) is 0 Å². The lowest BCUT2D eigenvalue weighted by Crippen LogP contribution is -2.21. The zero-order chi connectivity index (χ0) is 5.70. The van der Waals surface area contributed by atoms with Gasteiger partial charge in [0.2, 0.25) is 0 Å². The minimum Gasteiger partial charge on any atom is -0.391 e. The van der Waals surface area contributed by atoms with E-state index in [1.165, 1.54) is 0 Å². The monoisotopic (exact) mass is 143 g/mol. The highest BCUT2D eigenvalue weighted by molar-refractivity contribution is 6.18. The molecule has 7 heavy (non-hydrogen) atoms. The number of hydrogen-bond acceptors (Lipinski definition) is 2. The summed E-state index contributed by atoms with van der Waals surface area (Å²) in [5.41, 5.74) is 0. The molecule has 0 fully saturated rings. The summed E-state index contributed by atoms with van der Waals surface area (Å²) in [6.07, 6.45) is -0.529. The van der Waals surface area contributed by atoms with Crippen LogP contribution in [0, 0.1) is 0 Å². The molecule has 0 saturated carbocycles. The van der Waals surface area contributed by atoms with E-state index >= 15 is 0 Å². The van der Waals surface area contributed by atoms with Gasteiger partial charge < -0.3 is 5.11 Å². The average molecular weight is 144 g/mol. The minimum atomic E-state index is -0.529. The van der Waals surface area contributed by atoms with Crippen LogP contribution in [-0.2, 0) is 0 Å². The minimum absolute atomic E-state index is 0.222. The quantitative estimate of drug-likeness (QED) is 0.441. The fraction of sp³-hybridized carbons (Fsp3) is 1.00. The summed E-state index contributed by atoms with van der Waals surface area (Å²) in [6, 6.07) is 0. The predicted octanol–water partition coefficient (Wildman–Crippen LogP) is 0.330. The number of alkyl halides is 1. The number of rotatable bonds is 3. The maximum absolute atomic E-state index is 8.58. The van der Waals surface area contributed by atoms with Crippen molar-refractivity contribution in [3.63, 3.8) is 0 Å². The molecule has 0 rings (SSSR count). The Bertz CT molecular complexity index is 43.9. The maximum Gasteiger partial charge on any atom is 0.0812 e. The van der Waals surface area contributed by atoms with Gasteiger partial charge >= 0.3 is 0 Å². The molecule has 4 heteroatoms. The molecule has 0 aliphatic carbocycles. The van der Waals surface area contributed by atoms with Crippen molar-refractivity contribution in [1.29, 1.82) is 0 Å². The van der Waals surface area contributed by atoms with Crippen LogP contribution in [0.5, 0.6) is 0 Å². The smallest absolute Gasteiger partial charge is 0.0812 e. The second-order valence-corrected chi connectivity index (χ2v) is 1.72. The summed E-state index contributed by atoms with van der Waals surface area (Å²) >= 11 is 10.2. The maximum atomic E-state index is 8.58. The van der Waals surface area contributed by atoms with Crippen LogP contribution in [-0.4, -0.2) is 23.6 Å². The first-order valence-electron chi connectivity index (χ1n) is 1.88. The molecule has 2 N–H and O–H groups in total. The van der Waals surface area contributed by atoms with E-state index in [2.05, 4.69) is 4.84 Å². The van der Waals surface area contributed by atoms with E-state index in [0.29, 0.717) is 6.54 Å². The van der Waals surface area contributed by atoms with Crippen molar-refractivity contribution in [2.45, 2.75) is 6.10 Å². The molecular weight excluding hydrogens is 137 g/mol. The van der Waals surface area contributed by atoms with Crippen molar-refractivity contribution in [2.24, 2.45) is 0 Å². The molecule has 0 amide bonds. The van der Waals surface area contributed by atoms with Gasteiger partial charge in [-0.25, -0.2) is 4.84 Å². The van der Waals surface area contributed by atoms with Crippen molar-refractivity contribution >= 4 is 23.4 Å². The number of nitrogens with one attached hydrogen (secondary N) is 1. The molecule has 0 aromatic heterocycles. The van der Waals surface area contributed by atoms with Crippen molar-refractivity contribution < 1.29 is 5.11 Å². The largest absolute Gasteiger partial charge is 0.391 e. The van der Waals surface area contributed by atoms with Crippen molar-refractivity contribution in [2.75, 3.05) is 12.4 Å². The van der Waals surface area contributed by atoms with E-state index < -0.39 is 6.10 Å². The van der Waals surface area contributed by atoms with Gasteiger partial charge in [0.05, 0.1) is 6.10 Å². The van der Waals surface area contributed by atoms with Crippen molar-refractivity contribution in [3.8, 4) is 0 Å². The zero-order valence-electron chi connectivity index (χ0n) is 3.69. The van der Waals surface area contributed by atoms with Gasteiger partial charge in [-0.05, 0) is 11.8 Å². The standard InChI is InChI=1S/C3H7Cl2NO/c4-1-3(7)2-6-5/h3,6-7H,1-2H2/t3-/m1/s1. The zero-order valence-corrected chi connectivity index (χ0v) is 5.21. The number of aliphatic hydroxyl groups excluding tert-OH is 1. The Morgan fingerprint density at radius 2 is 2.29 bits per heavy atom. The van der Waals surface area contributed by atoms with Gasteiger partial charge in [0.1, 0.15) is 0 Å². The molecule has 0 aromatic rings. The van der Waals surface area contributed by atoms with Crippen LogP contribution >= 0.6 is 23.4 Å². The van der Waals surface area contributed by atoms with Gasteiger partial charge in [-0.2, -0.15) is 0 Å². The van der Waals surface area contributed by atoms with Crippen LogP contribution in [0.1, 0.15) is 0 Å². The van der Waals surface area contributed by atoms with E-state index in [9.17, 15) is 0 Å². The molecule has 0 aliphatic rings. The van der Waals surface area contributed by atoms with Crippen molar-refractivity contribution in [3.05, 3.63) is 0 Å². The summed E-state index contributed by atoms with van der Waals surface area (Å²) in [5.74, 6) is 0.222. The first-order valence-corrected chi connectivity index (χ1v) is 2.80. The normalized spacial score (nSPS) is 14.1. The highest BCUT2D eigenvalue weighted by Gasteiger charge is 1.96. The summed E-state index contributed by atoms with van der Waals surface area (Å²) in [6.45, 7) is 0.338. The molecule has 0 radical (unpaired) electrons. The Morgan fingerprint density at radius 3 is 2.43 bits per heavy atom. The average Bonchev–Trinajstić information content (AvgIpc) is 1.68. The van der Waals surface area contributed by atoms with Crippen LogP contribution < -0.4 is 4.84 Å². The second kappa shape index (κ2) is 4.65. The van der Waals surface area contributed by atoms with Gasteiger partial charge in [-0.1, -0.05) is 0 Å². The Kier molecular flexibility index (Phi) is 4.99. The van der Waals surface area contributed by atoms with Gasteiger partial charge in [-0.15, -0.1) is 11.6 Å².